The van der Waals surface area contributed by atoms with Crippen molar-refractivity contribution in [2.45, 2.75) is 19.1 Å². The molecule has 86 valence electrons. The summed E-state index contributed by atoms with van der Waals surface area (Å²) in [6.07, 6.45) is 0.00581. The van der Waals surface area contributed by atoms with E-state index in [2.05, 4.69) is 16.0 Å². The lowest BCUT2D eigenvalue weighted by Gasteiger charge is -2.18. The topological polar surface area (TPSA) is 79.5 Å². The van der Waals surface area contributed by atoms with Crippen LogP contribution < -0.4 is 16.0 Å². The van der Waals surface area contributed by atoms with Gasteiger partial charge in [0.1, 0.15) is 0 Å². The summed E-state index contributed by atoms with van der Waals surface area (Å²) in [5, 5.41) is 8.35. The van der Waals surface area contributed by atoms with Crippen molar-refractivity contribution in [3.63, 3.8) is 0 Å². The second-order valence-corrected chi connectivity index (χ2v) is 3.52. The van der Waals surface area contributed by atoms with Gasteiger partial charge >= 0.3 is 0 Å². The maximum Gasteiger partial charge on any atom is 0.239 e. The van der Waals surface area contributed by atoms with Crippen LogP contribution in [0.5, 0.6) is 0 Å². The van der Waals surface area contributed by atoms with Gasteiger partial charge in [0.05, 0.1) is 18.7 Å². The van der Waals surface area contributed by atoms with E-state index in [1.165, 1.54) is 6.92 Å². The minimum Gasteiger partial charge on any atom is -0.378 e. The van der Waals surface area contributed by atoms with Crippen LogP contribution in [0.1, 0.15) is 6.92 Å². The van der Waals surface area contributed by atoms with Crippen molar-refractivity contribution < 1.29 is 14.3 Å². The monoisotopic (exact) mass is 215 g/mol. The molecule has 1 aliphatic heterocycles. The van der Waals surface area contributed by atoms with Crippen LogP contribution in [0.15, 0.2) is 0 Å². The average molecular weight is 215 g/mol. The van der Waals surface area contributed by atoms with E-state index in [1.54, 1.807) is 7.11 Å². The zero-order chi connectivity index (χ0) is 11.3. The van der Waals surface area contributed by atoms with E-state index in [4.69, 9.17) is 4.74 Å². The third-order valence-electron chi connectivity index (χ3n) is 2.31. The highest BCUT2D eigenvalue weighted by Crippen LogP contribution is 2.02. The molecule has 0 radical (unpaired) electrons. The van der Waals surface area contributed by atoms with Gasteiger partial charge in [-0.3, -0.25) is 9.59 Å². The van der Waals surface area contributed by atoms with Crippen molar-refractivity contribution in [1.29, 1.82) is 0 Å². The minimum atomic E-state index is -0.210. The molecule has 1 aliphatic rings. The van der Waals surface area contributed by atoms with Crippen LogP contribution in [0.2, 0.25) is 0 Å². The molecule has 0 bridgehead atoms. The number of hydrogen-bond acceptors (Lipinski definition) is 4. The highest BCUT2D eigenvalue weighted by atomic mass is 16.5. The van der Waals surface area contributed by atoms with Crippen LogP contribution in [0.3, 0.4) is 0 Å². The van der Waals surface area contributed by atoms with Gasteiger partial charge in [-0.1, -0.05) is 0 Å². The van der Waals surface area contributed by atoms with E-state index >= 15 is 0 Å². The second kappa shape index (κ2) is 5.67. The highest BCUT2D eigenvalue weighted by molar-refractivity contribution is 5.83. The van der Waals surface area contributed by atoms with Gasteiger partial charge in [-0.05, 0) is 0 Å². The van der Waals surface area contributed by atoms with E-state index in [0.29, 0.717) is 6.54 Å². The van der Waals surface area contributed by atoms with Crippen LogP contribution in [0.4, 0.5) is 0 Å². The average Bonchev–Trinajstić information content (AvgIpc) is 2.62. The highest BCUT2D eigenvalue weighted by Gasteiger charge is 2.27. The number of methoxy groups -OCH3 is 1. The second-order valence-electron chi connectivity index (χ2n) is 3.52. The summed E-state index contributed by atoms with van der Waals surface area (Å²) in [6, 6.07) is -0.0174. The largest absolute Gasteiger partial charge is 0.378 e. The Labute approximate surface area is 88.7 Å². The summed E-state index contributed by atoms with van der Waals surface area (Å²) in [5.41, 5.74) is 0. The van der Waals surface area contributed by atoms with E-state index in [1.807, 2.05) is 0 Å². The van der Waals surface area contributed by atoms with Crippen molar-refractivity contribution in [2.24, 2.45) is 0 Å². The van der Waals surface area contributed by atoms with Crippen LogP contribution in [0.25, 0.3) is 0 Å². The van der Waals surface area contributed by atoms with Gasteiger partial charge in [-0.2, -0.15) is 0 Å². The number of hydrogen-bond donors (Lipinski definition) is 3. The van der Waals surface area contributed by atoms with Crippen LogP contribution in [-0.2, 0) is 14.3 Å². The van der Waals surface area contributed by atoms with Gasteiger partial charge in [0.2, 0.25) is 11.8 Å². The number of rotatable bonds is 4. The van der Waals surface area contributed by atoms with Crippen molar-refractivity contribution in [1.82, 2.24) is 16.0 Å². The standard InChI is InChI=1S/C9H17N3O3/c1-6(13)11-5-9(14)12-7-3-10-4-8(7)15-2/h7-8,10H,3-5H2,1-2H3,(H,11,13)(H,12,14). The minimum absolute atomic E-state index is 0.00581. The van der Waals surface area contributed by atoms with Crippen molar-refractivity contribution in [2.75, 3.05) is 26.7 Å². The zero-order valence-electron chi connectivity index (χ0n) is 9.00. The molecule has 1 saturated heterocycles. The molecule has 3 N–H and O–H groups in total. The fourth-order valence-corrected chi connectivity index (χ4v) is 1.51. The summed E-state index contributed by atoms with van der Waals surface area (Å²) in [4.78, 5) is 21.9. The third kappa shape index (κ3) is 3.85. The Balaban J connectivity index is 2.27. The Kier molecular flexibility index (Phi) is 4.51. The summed E-state index contributed by atoms with van der Waals surface area (Å²) in [5.74, 6) is -0.404. The normalized spacial score (nSPS) is 24.9. The van der Waals surface area contributed by atoms with Gasteiger partial charge in [0, 0.05) is 27.1 Å². The first-order valence-electron chi connectivity index (χ1n) is 4.90. The molecule has 6 heteroatoms. The predicted molar refractivity (Wildman–Crippen MR) is 54.3 cm³/mol. The van der Waals surface area contributed by atoms with Crippen molar-refractivity contribution in [3.05, 3.63) is 0 Å². The molecule has 1 heterocycles. The number of ether oxygens (including phenoxy) is 1. The lowest BCUT2D eigenvalue weighted by molar-refractivity contribution is -0.125. The lowest BCUT2D eigenvalue weighted by Crippen LogP contribution is -2.47. The molecule has 1 rings (SSSR count). The Morgan fingerprint density at radius 1 is 1.47 bits per heavy atom. The molecule has 0 aromatic rings. The van der Waals surface area contributed by atoms with E-state index in [0.717, 1.165) is 6.54 Å². The molecule has 2 amide bonds. The SMILES string of the molecule is COC1CNCC1NC(=O)CNC(C)=O. The lowest BCUT2D eigenvalue weighted by atomic mass is 10.2. The molecule has 0 spiro atoms. The number of carbonyl (C=O) groups excluding carboxylic acids is 2. The van der Waals surface area contributed by atoms with E-state index < -0.39 is 0 Å². The van der Waals surface area contributed by atoms with Crippen LogP contribution >= 0.6 is 0 Å². The molecular formula is C9H17N3O3. The molecule has 0 aromatic heterocycles. The molecule has 0 saturated carbocycles. The van der Waals surface area contributed by atoms with Crippen LogP contribution in [-0.4, -0.2) is 50.7 Å². The number of nitrogens with one attached hydrogen (secondary N) is 3. The van der Waals surface area contributed by atoms with E-state index in [-0.39, 0.29) is 30.5 Å². The van der Waals surface area contributed by atoms with Crippen molar-refractivity contribution in [3.8, 4) is 0 Å². The summed E-state index contributed by atoms with van der Waals surface area (Å²) in [6.45, 7) is 2.83. The Hall–Kier alpha value is -1.14. The van der Waals surface area contributed by atoms with Gasteiger partial charge < -0.3 is 20.7 Å². The van der Waals surface area contributed by atoms with Gasteiger partial charge in [-0.25, -0.2) is 0 Å². The molecule has 2 atom stereocenters. The smallest absolute Gasteiger partial charge is 0.239 e. The molecule has 1 fully saturated rings. The first-order chi connectivity index (χ1) is 7.13. The summed E-state index contributed by atoms with van der Waals surface area (Å²) < 4.78 is 5.19. The first kappa shape index (κ1) is 11.9. The van der Waals surface area contributed by atoms with Crippen molar-refractivity contribution >= 4 is 11.8 Å². The fraction of sp³-hybridized carbons (Fsp3) is 0.778. The number of amides is 2. The van der Waals surface area contributed by atoms with Gasteiger partial charge in [0.15, 0.2) is 0 Å². The maximum absolute atomic E-state index is 11.4. The fourth-order valence-electron chi connectivity index (χ4n) is 1.51. The molecule has 0 aromatic carbocycles. The third-order valence-corrected chi connectivity index (χ3v) is 2.31. The van der Waals surface area contributed by atoms with Gasteiger partial charge in [-0.15, -0.1) is 0 Å². The van der Waals surface area contributed by atoms with E-state index in [9.17, 15) is 9.59 Å². The molecular weight excluding hydrogens is 198 g/mol. The quantitative estimate of drug-likeness (QED) is 0.518. The Morgan fingerprint density at radius 2 is 2.20 bits per heavy atom. The van der Waals surface area contributed by atoms with Crippen LogP contribution in [0, 0.1) is 0 Å². The first-order valence-corrected chi connectivity index (χ1v) is 4.90. The molecule has 0 aliphatic carbocycles. The molecule has 15 heavy (non-hydrogen) atoms. The number of carbonyl (C=O) groups is 2. The zero-order valence-corrected chi connectivity index (χ0v) is 9.00. The Morgan fingerprint density at radius 3 is 2.80 bits per heavy atom. The maximum atomic E-state index is 11.4. The van der Waals surface area contributed by atoms with Gasteiger partial charge in [0.25, 0.3) is 0 Å². The molecule has 2 unspecified atom stereocenters. The summed E-state index contributed by atoms with van der Waals surface area (Å²) in [7, 11) is 1.62. The Bertz CT molecular complexity index is 245. The molecule has 6 nitrogen and oxygen atoms in total. The summed E-state index contributed by atoms with van der Waals surface area (Å²) >= 11 is 0. The predicted octanol–water partition coefficient (Wildman–Crippen LogP) is -1.77.